The van der Waals surface area contributed by atoms with Crippen LogP contribution in [0.25, 0.3) is 0 Å². The van der Waals surface area contributed by atoms with E-state index in [2.05, 4.69) is 15.5 Å². The van der Waals surface area contributed by atoms with Gasteiger partial charge in [0.25, 0.3) is 5.56 Å². The second-order valence-corrected chi connectivity index (χ2v) is 5.39. The van der Waals surface area contributed by atoms with Crippen molar-refractivity contribution in [2.75, 3.05) is 7.11 Å². The molecule has 1 aromatic carbocycles. The molecule has 0 saturated heterocycles. The summed E-state index contributed by atoms with van der Waals surface area (Å²) >= 11 is 0. The number of hydrazone groups is 1. The van der Waals surface area contributed by atoms with E-state index in [1.165, 1.54) is 14.2 Å². The number of hydrogen-bond donors (Lipinski definition) is 4. The molecule has 1 aromatic heterocycles. The molecule has 0 amide bonds. The van der Waals surface area contributed by atoms with Crippen LogP contribution in [-0.2, 0) is 7.05 Å². The van der Waals surface area contributed by atoms with Gasteiger partial charge in [0.2, 0.25) is 5.88 Å². The molecule has 0 saturated carbocycles. The van der Waals surface area contributed by atoms with Gasteiger partial charge < -0.3 is 20.4 Å². The van der Waals surface area contributed by atoms with Crippen LogP contribution in [-0.4, -0.2) is 32.6 Å². The molecule has 24 heavy (non-hydrogen) atoms. The van der Waals surface area contributed by atoms with Crippen molar-refractivity contribution >= 4 is 5.71 Å². The first-order valence-corrected chi connectivity index (χ1v) is 7.14. The maximum absolute atomic E-state index is 12.0. The molecule has 9 heteroatoms. The van der Waals surface area contributed by atoms with E-state index in [0.29, 0.717) is 17.9 Å². The van der Waals surface area contributed by atoms with Crippen LogP contribution in [0.4, 0.5) is 0 Å². The van der Waals surface area contributed by atoms with Crippen molar-refractivity contribution in [1.82, 2.24) is 15.0 Å². The van der Waals surface area contributed by atoms with Gasteiger partial charge >= 0.3 is 5.69 Å². The van der Waals surface area contributed by atoms with Crippen LogP contribution in [0.5, 0.6) is 17.4 Å². The number of methoxy groups -OCH3 is 1. The summed E-state index contributed by atoms with van der Waals surface area (Å²) in [5.74, 6) is -0.0967. The summed E-state index contributed by atoms with van der Waals surface area (Å²) in [6, 6.07) is 4.65. The van der Waals surface area contributed by atoms with Crippen molar-refractivity contribution in [2.24, 2.45) is 12.1 Å². The molecule has 1 aliphatic heterocycles. The summed E-state index contributed by atoms with van der Waals surface area (Å²) in [5, 5.41) is 24.0. The summed E-state index contributed by atoms with van der Waals surface area (Å²) in [6.45, 7) is 0. The molecular formula is C15H16N4O5. The third kappa shape index (κ3) is 2.49. The van der Waals surface area contributed by atoms with Gasteiger partial charge in [0.15, 0.2) is 11.5 Å². The average molecular weight is 332 g/mol. The number of aromatic nitrogens is 2. The van der Waals surface area contributed by atoms with Crippen LogP contribution in [0.15, 0.2) is 32.9 Å². The Morgan fingerprint density at radius 3 is 2.75 bits per heavy atom. The van der Waals surface area contributed by atoms with Crippen LogP contribution in [0.2, 0.25) is 0 Å². The largest absolute Gasteiger partial charge is 0.504 e. The van der Waals surface area contributed by atoms with E-state index < -0.39 is 17.1 Å². The predicted molar refractivity (Wildman–Crippen MR) is 85.7 cm³/mol. The first-order valence-electron chi connectivity index (χ1n) is 7.14. The van der Waals surface area contributed by atoms with Crippen LogP contribution in [0.3, 0.4) is 0 Å². The number of aromatic amines is 1. The third-order valence-electron chi connectivity index (χ3n) is 3.94. The second-order valence-electron chi connectivity index (χ2n) is 5.39. The van der Waals surface area contributed by atoms with E-state index in [9.17, 15) is 19.8 Å². The summed E-state index contributed by atoms with van der Waals surface area (Å²) in [7, 11) is 2.80. The van der Waals surface area contributed by atoms with E-state index in [0.717, 1.165) is 10.1 Å². The minimum absolute atomic E-state index is 0.00643. The number of nitrogens with one attached hydrogen (secondary N) is 2. The monoisotopic (exact) mass is 332 g/mol. The Kier molecular flexibility index (Phi) is 3.76. The van der Waals surface area contributed by atoms with Gasteiger partial charge in [-0.2, -0.15) is 5.10 Å². The quantitative estimate of drug-likeness (QED) is 0.623. The Labute approximate surface area is 135 Å². The molecule has 1 aliphatic rings. The first kappa shape index (κ1) is 15.7. The topological polar surface area (TPSA) is 129 Å². The highest BCUT2D eigenvalue weighted by Gasteiger charge is 2.27. The number of phenolic OH excluding ortho intramolecular Hbond substituents is 1. The molecule has 4 N–H and O–H groups in total. The molecule has 3 rings (SSSR count). The normalized spacial score (nSPS) is 16.6. The maximum atomic E-state index is 12.0. The molecule has 0 fully saturated rings. The SMILES string of the molecule is COc1ccc(C2CC(c3c(O)n(C)c(=O)[nH]c3=O)=NN2)cc1O. The Morgan fingerprint density at radius 1 is 1.33 bits per heavy atom. The van der Waals surface area contributed by atoms with Gasteiger partial charge in [-0.1, -0.05) is 6.07 Å². The van der Waals surface area contributed by atoms with Gasteiger partial charge in [-0.25, -0.2) is 4.79 Å². The zero-order valence-electron chi connectivity index (χ0n) is 13.0. The van der Waals surface area contributed by atoms with Crippen LogP contribution >= 0.6 is 0 Å². The molecule has 126 valence electrons. The Bertz CT molecular complexity index is 944. The summed E-state index contributed by atoms with van der Waals surface area (Å²) < 4.78 is 5.94. The second kappa shape index (κ2) is 5.76. The van der Waals surface area contributed by atoms with Crippen molar-refractivity contribution in [1.29, 1.82) is 0 Å². The van der Waals surface area contributed by atoms with Crippen molar-refractivity contribution in [2.45, 2.75) is 12.5 Å². The van der Waals surface area contributed by atoms with Crippen LogP contribution < -0.4 is 21.4 Å². The fraction of sp³-hybridized carbons (Fsp3) is 0.267. The fourth-order valence-corrected chi connectivity index (χ4v) is 2.58. The minimum atomic E-state index is -0.704. The van der Waals surface area contributed by atoms with Gasteiger partial charge in [-0.05, 0) is 17.7 Å². The summed E-state index contributed by atoms with van der Waals surface area (Å²) in [4.78, 5) is 25.6. The number of aromatic hydroxyl groups is 2. The molecule has 0 radical (unpaired) electrons. The zero-order chi connectivity index (χ0) is 17.4. The highest BCUT2D eigenvalue weighted by atomic mass is 16.5. The van der Waals surface area contributed by atoms with E-state index in [-0.39, 0.29) is 17.4 Å². The highest BCUT2D eigenvalue weighted by Crippen LogP contribution is 2.32. The molecule has 2 aromatic rings. The number of H-pyrrole nitrogens is 1. The molecule has 0 bridgehead atoms. The Hall–Kier alpha value is -3.23. The van der Waals surface area contributed by atoms with Gasteiger partial charge in [0, 0.05) is 13.5 Å². The lowest BCUT2D eigenvalue weighted by atomic mass is 9.99. The van der Waals surface area contributed by atoms with Crippen molar-refractivity contribution in [3.63, 3.8) is 0 Å². The predicted octanol–water partition coefficient (Wildman–Crippen LogP) is -0.0679. The van der Waals surface area contributed by atoms with Crippen molar-refractivity contribution in [3.05, 3.63) is 50.2 Å². The van der Waals surface area contributed by atoms with Crippen LogP contribution in [0.1, 0.15) is 23.6 Å². The average Bonchev–Trinajstić information content (AvgIpc) is 3.02. The van der Waals surface area contributed by atoms with Gasteiger partial charge in [0.05, 0.1) is 18.9 Å². The number of benzene rings is 1. The molecule has 2 heterocycles. The van der Waals surface area contributed by atoms with Crippen molar-refractivity contribution in [3.8, 4) is 17.4 Å². The van der Waals surface area contributed by atoms with Crippen molar-refractivity contribution < 1.29 is 14.9 Å². The third-order valence-corrected chi connectivity index (χ3v) is 3.94. The van der Waals surface area contributed by atoms with E-state index >= 15 is 0 Å². The minimum Gasteiger partial charge on any atom is -0.504 e. The van der Waals surface area contributed by atoms with Gasteiger partial charge in [0.1, 0.15) is 5.56 Å². The number of ether oxygens (including phenoxy) is 1. The number of nitrogens with zero attached hydrogens (tertiary/aromatic N) is 2. The Balaban J connectivity index is 1.91. The Morgan fingerprint density at radius 2 is 2.08 bits per heavy atom. The molecule has 0 spiro atoms. The maximum Gasteiger partial charge on any atom is 0.330 e. The standard InChI is InChI=1S/C15H16N4O5/c1-19-14(22)12(13(21)16-15(19)23)9-6-8(17-18-9)7-3-4-11(24-2)10(20)5-7/h3-5,8,17,20,22H,6H2,1-2H3,(H,16,21,23). The number of rotatable bonds is 3. The molecule has 9 nitrogen and oxygen atoms in total. The summed E-state index contributed by atoms with van der Waals surface area (Å²) in [5.41, 5.74) is 2.47. The molecule has 1 atom stereocenters. The van der Waals surface area contributed by atoms with Gasteiger partial charge in [-0.15, -0.1) is 0 Å². The van der Waals surface area contributed by atoms with E-state index in [1.807, 2.05) is 0 Å². The smallest absolute Gasteiger partial charge is 0.330 e. The fourth-order valence-electron chi connectivity index (χ4n) is 2.58. The molecular weight excluding hydrogens is 316 g/mol. The zero-order valence-corrected chi connectivity index (χ0v) is 13.0. The summed E-state index contributed by atoms with van der Waals surface area (Å²) in [6.07, 6.45) is 0.306. The molecule has 1 unspecified atom stereocenters. The first-order chi connectivity index (χ1) is 11.4. The van der Waals surface area contributed by atoms with Crippen LogP contribution in [0, 0.1) is 0 Å². The highest BCUT2D eigenvalue weighted by molar-refractivity contribution is 6.03. The van der Waals surface area contributed by atoms with Gasteiger partial charge in [-0.3, -0.25) is 14.3 Å². The molecule has 0 aliphatic carbocycles. The lowest BCUT2D eigenvalue weighted by molar-refractivity contribution is 0.372. The van der Waals surface area contributed by atoms with E-state index in [1.54, 1.807) is 18.2 Å². The lowest BCUT2D eigenvalue weighted by Crippen LogP contribution is -2.32. The number of hydrogen-bond acceptors (Lipinski definition) is 7. The lowest BCUT2D eigenvalue weighted by Gasteiger charge is -2.12. The number of phenols is 1. The van der Waals surface area contributed by atoms with E-state index in [4.69, 9.17) is 4.74 Å².